The predicted molar refractivity (Wildman–Crippen MR) is 127 cm³/mol. The third-order valence-electron chi connectivity index (χ3n) is 5.20. The molecule has 1 amide bonds. The van der Waals surface area contributed by atoms with Gasteiger partial charge in [0.25, 0.3) is 0 Å². The first-order chi connectivity index (χ1) is 15.1. The second-order valence-corrected chi connectivity index (χ2v) is 9.29. The van der Waals surface area contributed by atoms with E-state index in [0.717, 1.165) is 41.2 Å². The van der Waals surface area contributed by atoms with Crippen molar-refractivity contribution < 1.29 is 9.53 Å². The number of hydrogen-bond donors (Lipinski definition) is 0. The normalized spacial score (nSPS) is 16.2. The SMILES string of the molecule is CC(/C=C(\C)c1cncc(C)n1)=Nc1cccc(C2CCN(C(=O)OC(C)(C)C)CC2)n1. The van der Waals surface area contributed by atoms with E-state index in [1.165, 1.54) is 0 Å². The summed E-state index contributed by atoms with van der Waals surface area (Å²) in [6.45, 7) is 12.9. The average molecular weight is 436 g/mol. The summed E-state index contributed by atoms with van der Waals surface area (Å²) in [6, 6.07) is 5.96. The largest absolute Gasteiger partial charge is 0.444 e. The molecule has 2 aromatic rings. The molecule has 0 atom stereocenters. The van der Waals surface area contributed by atoms with E-state index in [9.17, 15) is 4.79 Å². The lowest BCUT2D eigenvalue weighted by atomic mass is 9.93. The molecule has 2 aromatic heterocycles. The van der Waals surface area contributed by atoms with Crippen molar-refractivity contribution in [3.05, 3.63) is 53.8 Å². The summed E-state index contributed by atoms with van der Waals surface area (Å²) in [4.78, 5) is 32.3. The van der Waals surface area contributed by atoms with E-state index >= 15 is 0 Å². The van der Waals surface area contributed by atoms with E-state index in [2.05, 4.69) is 15.0 Å². The Morgan fingerprint density at radius 2 is 1.88 bits per heavy atom. The van der Waals surface area contributed by atoms with Gasteiger partial charge in [0, 0.05) is 36.6 Å². The number of pyridine rings is 1. The van der Waals surface area contributed by atoms with Crippen LogP contribution in [0.4, 0.5) is 10.6 Å². The first-order valence-corrected chi connectivity index (χ1v) is 11.1. The lowest BCUT2D eigenvalue weighted by Gasteiger charge is -2.33. The maximum atomic E-state index is 12.3. The number of carbonyl (C=O) groups is 1. The highest BCUT2D eigenvalue weighted by Gasteiger charge is 2.28. The average Bonchev–Trinajstić information content (AvgIpc) is 2.72. The minimum atomic E-state index is -0.474. The van der Waals surface area contributed by atoms with Crippen LogP contribution in [0.2, 0.25) is 0 Å². The third kappa shape index (κ3) is 6.70. The molecule has 0 aliphatic carbocycles. The van der Waals surface area contributed by atoms with Crippen LogP contribution in [-0.4, -0.2) is 50.3 Å². The Hall–Kier alpha value is -3.09. The molecule has 3 heterocycles. The number of ether oxygens (including phenoxy) is 1. The van der Waals surface area contributed by atoms with Gasteiger partial charge in [0.1, 0.15) is 5.60 Å². The summed E-state index contributed by atoms with van der Waals surface area (Å²) in [5.74, 6) is 0.998. The van der Waals surface area contributed by atoms with E-state index in [0.29, 0.717) is 24.8 Å². The second kappa shape index (κ2) is 10.0. The van der Waals surface area contributed by atoms with E-state index in [1.54, 1.807) is 17.3 Å². The highest BCUT2D eigenvalue weighted by molar-refractivity contribution is 5.99. The van der Waals surface area contributed by atoms with Crippen LogP contribution in [-0.2, 0) is 4.74 Å². The first-order valence-electron chi connectivity index (χ1n) is 11.1. The van der Waals surface area contributed by atoms with Gasteiger partial charge in [-0.05, 0) is 78.2 Å². The molecule has 7 heteroatoms. The van der Waals surface area contributed by atoms with Crippen LogP contribution < -0.4 is 0 Å². The van der Waals surface area contributed by atoms with Crippen LogP contribution in [0.15, 0.2) is 41.7 Å². The fourth-order valence-electron chi connectivity index (χ4n) is 3.67. The van der Waals surface area contributed by atoms with Gasteiger partial charge >= 0.3 is 6.09 Å². The number of amides is 1. The zero-order valence-electron chi connectivity index (χ0n) is 19.9. The van der Waals surface area contributed by atoms with Crippen LogP contribution in [0.25, 0.3) is 5.57 Å². The molecule has 0 unspecified atom stereocenters. The maximum absolute atomic E-state index is 12.3. The molecule has 0 saturated carbocycles. The number of nitrogens with zero attached hydrogens (tertiary/aromatic N) is 5. The van der Waals surface area contributed by atoms with Crippen LogP contribution in [0, 0.1) is 6.92 Å². The summed E-state index contributed by atoms with van der Waals surface area (Å²) in [5, 5.41) is 0. The van der Waals surface area contributed by atoms with Gasteiger partial charge < -0.3 is 9.64 Å². The van der Waals surface area contributed by atoms with Crippen molar-refractivity contribution in [2.45, 2.75) is 65.9 Å². The number of aryl methyl sites for hydroxylation is 1. The lowest BCUT2D eigenvalue weighted by Crippen LogP contribution is -2.41. The van der Waals surface area contributed by atoms with Gasteiger partial charge in [-0.25, -0.2) is 14.8 Å². The molecule has 170 valence electrons. The molecule has 32 heavy (non-hydrogen) atoms. The molecular formula is C25H33N5O2. The molecule has 1 aliphatic heterocycles. The first kappa shape index (κ1) is 23.6. The molecule has 3 rings (SSSR count). The molecular weight excluding hydrogens is 402 g/mol. The van der Waals surface area contributed by atoms with Crippen molar-refractivity contribution in [2.75, 3.05) is 13.1 Å². The third-order valence-corrected chi connectivity index (χ3v) is 5.20. The van der Waals surface area contributed by atoms with Gasteiger partial charge in [0.15, 0.2) is 5.82 Å². The minimum Gasteiger partial charge on any atom is -0.444 e. The molecule has 1 fully saturated rings. The summed E-state index contributed by atoms with van der Waals surface area (Å²) >= 11 is 0. The molecule has 0 bridgehead atoms. The van der Waals surface area contributed by atoms with Crippen molar-refractivity contribution in [2.24, 2.45) is 4.99 Å². The Morgan fingerprint density at radius 3 is 2.53 bits per heavy atom. The maximum Gasteiger partial charge on any atom is 0.410 e. The predicted octanol–water partition coefficient (Wildman–Crippen LogP) is 5.49. The van der Waals surface area contributed by atoms with Gasteiger partial charge in [0.05, 0.1) is 17.6 Å². The topological polar surface area (TPSA) is 80.6 Å². The molecule has 1 saturated heterocycles. The number of piperidine rings is 1. The molecule has 0 N–H and O–H groups in total. The zero-order valence-corrected chi connectivity index (χ0v) is 19.9. The van der Waals surface area contributed by atoms with Crippen molar-refractivity contribution in [1.29, 1.82) is 0 Å². The highest BCUT2D eigenvalue weighted by Crippen LogP contribution is 2.28. The van der Waals surface area contributed by atoms with Crippen LogP contribution in [0.5, 0.6) is 0 Å². The number of aromatic nitrogens is 3. The van der Waals surface area contributed by atoms with Crippen LogP contribution in [0.3, 0.4) is 0 Å². The Kier molecular flexibility index (Phi) is 7.38. The number of carbonyl (C=O) groups excluding carboxylic acids is 1. The van der Waals surface area contributed by atoms with Gasteiger partial charge in [-0.3, -0.25) is 9.97 Å². The molecule has 1 aliphatic rings. The Bertz CT molecular complexity index is 1010. The smallest absolute Gasteiger partial charge is 0.410 e. The van der Waals surface area contributed by atoms with E-state index in [1.807, 2.05) is 65.8 Å². The second-order valence-electron chi connectivity index (χ2n) is 9.29. The Labute approximate surface area is 190 Å². The molecule has 7 nitrogen and oxygen atoms in total. The molecule has 0 spiro atoms. The summed E-state index contributed by atoms with van der Waals surface area (Å²) in [7, 11) is 0. The molecule has 0 aromatic carbocycles. The summed E-state index contributed by atoms with van der Waals surface area (Å²) in [5.41, 5.74) is 4.14. The van der Waals surface area contributed by atoms with Gasteiger partial charge in [0.2, 0.25) is 0 Å². The van der Waals surface area contributed by atoms with Crippen molar-refractivity contribution in [1.82, 2.24) is 19.9 Å². The zero-order chi connectivity index (χ0) is 23.3. The number of hydrogen-bond acceptors (Lipinski definition) is 6. The van der Waals surface area contributed by atoms with E-state index < -0.39 is 5.60 Å². The van der Waals surface area contributed by atoms with E-state index in [4.69, 9.17) is 9.72 Å². The number of rotatable bonds is 4. The number of allylic oxidation sites excluding steroid dienone is 2. The quantitative estimate of drug-likeness (QED) is 0.593. The van der Waals surface area contributed by atoms with E-state index in [-0.39, 0.29) is 6.09 Å². The van der Waals surface area contributed by atoms with Gasteiger partial charge in [-0.2, -0.15) is 0 Å². The number of likely N-dealkylation sites (tertiary alicyclic amines) is 1. The standard InChI is InChI=1S/C25H33N5O2/c1-17(22-16-26-15-19(3)27-22)14-18(2)28-23-9-7-8-21(29-23)20-10-12-30(13-11-20)24(31)32-25(4,5)6/h7-9,14-16,20H,10-13H2,1-6H3/b17-14+,28-18?. The minimum absolute atomic E-state index is 0.238. The monoisotopic (exact) mass is 435 g/mol. The van der Waals surface area contributed by atoms with Crippen molar-refractivity contribution >= 4 is 23.2 Å². The Morgan fingerprint density at radius 1 is 1.16 bits per heavy atom. The van der Waals surface area contributed by atoms with Gasteiger partial charge in [-0.1, -0.05) is 6.07 Å². The summed E-state index contributed by atoms with van der Waals surface area (Å²) < 4.78 is 5.49. The number of aliphatic imine (C=N–C) groups is 1. The van der Waals surface area contributed by atoms with Crippen LogP contribution >= 0.6 is 0 Å². The fraction of sp³-hybridized carbons (Fsp3) is 0.480. The summed E-state index contributed by atoms with van der Waals surface area (Å²) in [6.07, 6.45) is 6.99. The van der Waals surface area contributed by atoms with Crippen molar-refractivity contribution in [3.8, 4) is 0 Å². The highest BCUT2D eigenvalue weighted by atomic mass is 16.6. The fourth-order valence-corrected chi connectivity index (χ4v) is 3.67. The lowest BCUT2D eigenvalue weighted by molar-refractivity contribution is 0.0204. The Balaban J connectivity index is 1.66. The molecule has 0 radical (unpaired) electrons. The van der Waals surface area contributed by atoms with Gasteiger partial charge in [-0.15, -0.1) is 0 Å². The van der Waals surface area contributed by atoms with Crippen LogP contribution in [0.1, 0.15) is 70.5 Å². The van der Waals surface area contributed by atoms with Crippen molar-refractivity contribution in [3.63, 3.8) is 0 Å².